The second kappa shape index (κ2) is 44.8. The van der Waals surface area contributed by atoms with Crippen LogP contribution in [0.2, 0.25) is 0 Å². The van der Waals surface area contributed by atoms with Crippen LogP contribution in [0.15, 0.2) is 48.6 Å². The lowest BCUT2D eigenvalue weighted by Crippen LogP contribution is -2.40. The Bertz CT molecular complexity index is 1160. The summed E-state index contributed by atoms with van der Waals surface area (Å²) in [6.45, 7) is 4.81. The third-order valence-electron chi connectivity index (χ3n) is 10.8. The number of rotatable bonds is 46. The van der Waals surface area contributed by atoms with E-state index in [1.165, 1.54) is 116 Å². The van der Waals surface area contributed by atoms with Gasteiger partial charge < -0.3 is 28.5 Å². The fourth-order valence-electron chi connectivity index (χ4n) is 6.82. The van der Waals surface area contributed by atoms with Gasteiger partial charge >= 0.3 is 17.9 Å². The SMILES string of the molecule is CCCC/C=C\C/C=C\CCCCCCCC(=O)OCC(COC(OCC[N+](C)(C)C)C(=O)O)OC(=O)CCCCCCCCCCCCC/C=C\C/C=C\CCCCCCC. The Balaban J connectivity index is 4.33. The van der Waals surface area contributed by atoms with Crippen molar-refractivity contribution in [3.63, 3.8) is 0 Å². The summed E-state index contributed by atoms with van der Waals surface area (Å²) in [7, 11) is 5.95. The van der Waals surface area contributed by atoms with Crippen molar-refractivity contribution in [3.05, 3.63) is 48.6 Å². The number of hydrogen-bond acceptors (Lipinski definition) is 7. The van der Waals surface area contributed by atoms with Crippen LogP contribution in [0.1, 0.15) is 213 Å². The predicted molar refractivity (Wildman–Crippen MR) is 258 cm³/mol. The fourth-order valence-corrected chi connectivity index (χ4v) is 6.82. The summed E-state index contributed by atoms with van der Waals surface area (Å²) in [4.78, 5) is 37.2. The number of esters is 2. The Labute approximate surface area is 381 Å². The summed E-state index contributed by atoms with van der Waals surface area (Å²) < 4.78 is 22.8. The number of hydrogen-bond donors (Lipinski definition) is 1. The van der Waals surface area contributed by atoms with Gasteiger partial charge in [0.2, 0.25) is 0 Å². The van der Waals surface area contributed by atoms with Gasteiger partial charge in [0.1, 0.15) is 13.2 Å². The molecule has 2 atom stereocenters. The fraction of sp³-hybridized carbons (Fsp3) is 0.792. The monoisotopic (exact) mass is 875 g/mol. The maximum Gasteiger partial charge on any atom is 0.361 e. The lowest BCUT2D eigenvalue weighted by Gasteiger charge is -2.25. The lowest BCUT2D eigenvalue weighted by atomic mass is 10.0. The molecule has 62 heavy (non-hydrogen) atoms. The number of carbonyl (C=O) groups excluding carboxylic acids is 2. The van der Waals surface area contributed by atoms with E-state index in [-0.39, 0.29) is 38.6 Å². The third-order valence-corrected chi connectivity index (χ3v) is 10.8. The Hall–Kier alpha value is -2.75. The summed E-state index contributed by atoms with van der Waals surface area (Å²) in [5.74, 6) is -2.03. The first-order valence-corrected chi connectivity index (χ1v) is 25.3. The minimum atomic E-state index is -1.51. The molecule has 0 amide bonds. The molecule has 9 heteroatoms. The first kappa shape index (κ1) is 59.2. The molecule has 0 aliphatic carbocycles. The number of unbranched alkanes of at least 4 members (excludes halogenated alkanes) is 23. The highest BCUT2D eigenvalue weighted by Crippen LogP contribution is 2.15. The van der Waals surface area contributed by atoms with Crippen LogP contribution >= 0.6 is 0 Å². The Morgan fingerprint density at radius 1 is 0.484 bits per heavy atom. The quantitative estimate of drug-likeness (QED) is 0.0212. The van der Waals surface area contributed by atoms with Crippen molar-refractivity contribution in [2.75, 3.05) is 47.5 Å². The third kappa shape index (κ3) is 45.3. The second-order valence-corrected chi connectivity index (χ2v) is 18.1. The highest BCUT2D eigenvalue weighted by atomic mass is 16.7. The van der Waals surface area contributed by atoms with E-state index in [1.807, 2.05) is 21.1 Å². The van der Waals surface area contributed by atoms with E-state index in [9.17, 15) is 19.5 Å². The molecule has 0 radical (unpaired) electrons. The zero-order chi connectivity index (χ0) is 45.6. The molecule has 9 nitrogen and oxygen atoms in total. The van der Waals surface area contributed by atoms with E-state index < -0.39 is 24.3 Å². The number of quaternary nitrogens is 1. The number of carboxylic acids is 1. The molecule has 1 N–H and O–H groups in total. The van der Waals surface area contributed by atoms with Crippen LogP contribution in [0.4, 0.5) is 0 Å². The Morgan fingerprint density at radius 3 is 1.32 bits per heavy atom. The second-order valence-electron chi connectivity index (χ2n) is 18.1. The summed E-state index contributed by atoms with van der Waals surface area (Å²) in [6, 6.07) is 0. The molecule has 0 fully saturated rings. The van der Waals surface area contributed by atoms with Gasteiger partial charge in [-0.2, -0.15) is 0 Å². The molecule has 2 unspecified atom stereocenters. The first-order chi connectivity index (χ1) is 30.1. The molecule has 0 saturated heterocycles. The Kier molecular flexibility index (Phi) is 42.9. The minimum Gasteiger partial charge on any atom is -0.477 e. The largest absolute Gasteiger partial charge is 0.477 e. The molecule has 0 aliphatic heterocycles. The van der Waals surface area contributed by atoms with Crippen molar-refractivity contribution < 1.29 is 42.9 Å². The molecule has 0 aliphatic rings. The number of aliphatic carboxylic acids is 1. The number of ether oxygens (including phenoxy) is 4. The Morgan fingerprint density at radius 2 is 0.887 bits per heavy atom. The van der Waals surface area contributed by atoms with Crippen LogP contribution in [0.25, 0.3) is 0 Å². The van der Waals surface area contributed by atoms with Crippen molar-refractivity contribution in [1.82, 2.24) is 0 Å². The smallest absolute Gasteiger partial charge is 0.361 e. The zero-order valence-electron chi connectivity index (χ0n) is 40.8. The van der Waals surface area contributed by atoms with Crippen molar-refractivity contribution in [2.24, 2.45) is 0 Å². The van der Waals surface area contributed by atoms with Crippen molar-refractivity contribution in [1.29, 1.82) is 0 Å². The van der Waals surface area contributed by atoms with E-state index in [0.717, 1.165) is 64.2 Å². The molecule has 0 aromatic rings. The van der Waals surface area contributed by atoms with Gasteiger partial charge in [0.05, 0.1) is 34.4 Å². The molecular formula is C53H96NO8+. The van der Waals surface area contributed by atoms with Gasteiger partial charge in [-0.25, -0.2) is 4.79 Å². The van der Waals surface area contributed by atoms with Crippen molar-refractivity contribution >= 4 is 17.9 Å². The van der Waals surface area contributed by atoms with Crippen LogP contribution < -0.4 is 0 Å². The predicted octanol–water partition coefficient (Wildman–Crippen LogP) is 13.9. The number of likely N-dealkylation sites (N-methyl/N-ethyl adjacent to an activating group) is 1. The molecule has 0 aromatic heterocycles. The molecule has 0 saturated carbocycles. The molecular weight excluding hydrogens is 779 g/mol. The molecule has 0 bridgehead atoms. The van der Waals surface area contributed by atoms with Gasteiger partial charge in [-0.15, -0.1) is 0 Å². The van der Waals surface area contributed by atoms with Gasteiger partial charge in [0, 0.05) is 12.8 Å². The van der Waals surface area contributed by atoms with E-state index in [1.54, 1.807) is 0 Å². The van der Waals surface area contributed by atoms with Gasteiger partial charge in [0.15, 0.2) is 6.10 Å². The molecule has 0 spiro atoms. The topological polar surface area (TPSA) is 108 Å². The van der Waals surface area contributed by atoms with E-state index in [2.05, 4.69) is 62.5 Å². The zero-order valence-corrected chi connectivity index (χ0v) is 40.8. The summed E-state index contributed by atoms with van der Waals surface area (Å²) >= 11 is 0. The van der Waals surface area contributed by atoms with Crippen LogP contribution in [-0.4, -0.2) is 87.4 Å². The van der Waals surface area contributed by atoms with Crippen LogP contribution in [0, 0.1) is 0 Å². The number of nitrogens with zero attached hydrogens (tertiary/aromatic N) is 1. The van der Waals surface area contributed by atoms with Gasteiger partial charge in [0.25, 0.3) is 6.29 Å². The molecule has 360 valence electrons. The van der Waals surface area contributed by atoms with E-state index >= 15 is 0 Å². The maximum atomic E-state index is 12.8. The standard InChI is InChI=1S/C53H95NO8/c1-6-8-10-12-14-16-18-20-22-23-24-25-26-27-28-29-30-32-34-36-38-40-42-44-51(56)62-49(48-61-53(52(57)58)59-46-45-54(3,4)5)47-60-50(55)43-41-39-37-35-33-31-21-19-17-15-13-11-9-7-2/h13,15,18-21,23-24,49,53H,6-12,14,16-17,22,25-48H2,1-5H3/p+1/b15-13-,20-18-,21-19-,24-23-. The highest BCUT2D eigenvalue weighted by Gasteiger charge is 2.25. The van der Waals surface area contributed by atoms with Crippen molar-refractivity contribution in [3.8, 4) is 0 Å². The summed E-state index contributed by atoms with van der Waals surface area (Å²) in [5.41, 5.74) is 0. The van der Waals surface area contributed by atoms with Crippen LogP contribution in [0.5, 0.6) is 0 Å². The van der Waals surface area contributed by atoms with E-state index in [4.69, 9.17) is 18.9 Å². The first-order valence-electron chi connectivity index (χ1n) is 25.3. The minimum absolute atomic E-state index is 0.184. The van der Waals surface area contributed by atoms with Gasteiger partial charge in [-0.3, -0.25) is 9.59 Å². The maximum absolute atomic E-state index is 12.8. The molecule has 0 heterocycles. The molecule has 0 rings (SSSR count). The van der Waals surface area contributed by atoms with E-state index in [0.29, 0.717) is 17.4 Å². The van der Waals surface area contributed by atoms with Crippen LogP contribution in [0.3, 0.4) is 0 Å². The molecule has 0 aromatic carbocycles. The average Bonchev–Trinajstić information content (AvgIpc) is 3.23. The summed E-state index contributed by atoms with van der Waals surface area (Å²) in [5, 5.41) is 9.66. The number of carboxylic acid groups (broad SMARTS) is 1. The van der Waals surface area contributed by atoms with Gasteiger partial charge in [-0.05, 0) is 70.6 Å². The van der Waals surface area contributed by atoms with Gasteiger partial charge in [-0.1, -0.05) is 178 Å². The van der Waals surface area contributed by atoms with Crippen LogP contribution in [-0.2, 0) is 33.3 Å². The lowest BCUT2D eigenvalue weighted by molar-refractivity contribution is -0.870. The highest BCUT2D eigenvalue weighted by molar-refractivity contribution is 5.71. The normalized spacial score (nSPS) is 13.2. The van der Waals surface area contributed by atoms with Crippen molar-refractivity contribution in [2.45, 2.75) is 225 Å². The average molecular weight is 875 g/mol. The number of carbonyl (C=O) groups is 3. The summed E-state index contributed by atoms with van der Waals surface area (Å²) in [6.07, 6.45) is 50.3. The number of allylic oxidation sites excluding steroid dienone is 8.